The van der Waals surface area contributed by atoms with Crippen molar-refractivity contribution in [2.45, 2.75) is 68.8 Å². The van der Waals surface area contributed by atoms with Crippen LogP contribution >= 0.6 is 0 Å². The Morgan fingerprint density at radius 3 is 2.28 bits per heavy atom. The van der Waals surface area contributed by atoms with E-state index in [2.05, 4.69) is 40.1 Å². The standard InChI is InChI=1S/C25H31FN2O/c26-21-8-6-18(7-9-21)16-27-13-12-25(29)24(17-27)28-22-10-11-23(28)15-20(14-22)19-4-2-1-3-5-19/h1-9,20,22-25,29H,10-17H2/t20?,22-,23+,24-,25-/m0/s1. The zero-order chi connectivity index (χ0) is 19.8. The molecule has 2 bridgehead atoms. The lowest BCUT2D eigenvalue weighted by atomic mass is 9.83. The van der Waals surface area contributed by atoms with Crippen LogP contribution in [0.3, 0.4) is 0 Å². The number of halogens is 1. The predicted molar refractivity (Wildman–Crippen MR) is 113 cm³/mol. The lowest BCUT2D eigenvalue weighted by molar-refractivity contribution is -0.0476. The number of benzene rings is 2. The molecule has 3 aliphatic rings. The molecule has 2 aromatic carbocycles. The number of fused-ring (bicyclic) bond motifs is 2. The Kier molecular flexibility index (Phi) is 5.42. The summed E-state index contributed by atoms with van der Waals surface area (Å²) in [5.41, 5.74) is 2.62. The van der Waals surface area contributed by atoms with Crippen molar-refractivity contribution in [2.24, 2.45) is 0 Å². The van der Waals surface area contributed by atoms with Gasteiger partial charge in [0.05, 0.1) is 6.10 Å². The maximum atomic E-state index is 13.2. The maximum absolute atomic E-state index is 13.2. The molecule has 0 radical (unpaired) electrons. The average molecular weight is 395 g/mol. The van der Waals surface area contributed by atoms with Gasteiger partial charge in [0.1, 0.15) is 5.82 Å². The molecular weight excluding hydrogens is 363 g/mol. The van der Waals surface area contributed by atoms with Crippen LogP contribution in [-0.2, 0) is 6.54 Å². The third kappa shape index (κ3) is 3.98. The molecule has 5 rings (SSSR count). The number of nitrogens with zero attached hydrogens (tertiary/aromatic N) is 2. The monoisotopic (exact) mass is 394 g/mol. The number of hydrogen-bond donors (Lipinski definition) is 1. The molecule has 0 aromatic heterocycles. The van der Waals surface area contributed by atoms with E-state index < -0.39 is 0 Å². The van der Waals surface area contributed by atoms with Crippen molar-refractivity contribution in [3.63, 3.8) is 0 Å². The number of rotatable bonds is 4. The van der Waals surface area contributed by atoms with Gasteiger partial charge in [0, 0.05) is 37.8 Å². The molecule has 3 saturated heterocycles. The zero-order valence-electron chi connectivity index (χ0n) is 17.0. The van der Waals surface area contributed by atoms with E-state index in [1.165, 1.54) is 31.2 Å². The van der Waals surface area contributed by atoms with Crippen molar-refractivity contribution in [1.29, 1.82) is 0 Å². The number of aliphatic hydroxyl groups is 1. The van der Waals surface area contributed by atoms with Crippen LogP contribution in [0.2, 0.25) is 0 Å². The predicted octanol–water partition coefficient (Wildman–Crippen LogP) is 4.17. The summed E-state index contributed by atoms with van der Waals surface area (Å²) in [4.78, 5) is 5.12. The van der Waals surface area contributed by atoms with Crippen LogP contribution < -0.4 is 0 Å². The summed E-state index contributed by atoms with van der Waals surface area (Å²) in [7, 11) is 0. The van der Waals surface area contributed by atoms with E-state index >= 15 is 0 Å². The summed E-state index contributed by atoms with van der Waals surface area (Å²) < 4.78 is 13.2. The van der Waals surface area contributed by atoms with E-state index in [9.17, 15) is 9.50 Å². The lowest BCUT2D eigenvalue weighted by Crippen LogP contribution is -2.59. The van der Waals surface area contributed by atoms with Crippen LogP contribution in [0.25, 0.3) is 0 Å². The molecule has 0 aliphatic carbocycles. The summed E-state index contributed by atoms with van der Waals surface area (Å²) in [6, 6.07) is 19.2. The van der Waals surface area contributed by atoms with Gasteiger partial charge in [0.2, 0.25) is 0 Å². The SMILES string of the molecule is O[C@H]1CCN(Cc2ccc(F)cc2)C[C@@H]1N1[C@@H]2CC[C@H]1CC(c1ccccc1)C2. The molecule has 0 saturated carbocycles. The van der Waals surface area contributed by atoms with Gasteiger partial charge in [-0.1, -0.05) is 42.5 Å². The van der Waals surface area contributed by atoms with Crippen molar-refractivity contribution >= 4 is 0 Å². The molecule has 0 amide bonds. The lowest BCUT2D eigenvalue weighted by Gasteiger charge is -2.48. The van der Waals surface area contributed by atoms with E-state index in [1.54, 1.807) is 12.1 Å². The zero-order valence-corrected chi connectivity index (χ0v) is 17.0. The minimum absolute atomic E-state index is 0.182. The van der Waals surface area contributed by atoms with Gasteiger partial charge in [-0.25, -0.2) is 4.39 Å². The highest BCUT2D eigenvalue weighted by atomic mass is 19.1. The first-order valence-electron chi connectivity index (χ1n) is 11.1. The Bertz CT molecular complexity index is 797. The molecule has 29 heavy (non-hydrogen) atoms. The van der Waals surface area contributed by atoms with Crippen LogP contribution in [0, 0.1) is 5.82 Å². The van der Waals surface area contributed by atoms with E-state index in [-0.39, 0.29) is 18.0 Å². The molecule has 3 nitrogen and oxygen atoms in total. The molecular formula is C25H31FN2O. The Hall–Kier alpha value is -1.75. The molecule has 154 valence electrons. The molecule has 2 aromatic rings. The Morgan fingerprint density at radius 1 is 0.897 bits per heavy atom. The normalized spacial score (nSPS) is 33.1. The van der Waals surface area contributed by atoms with Gasteiger partial charge in [0.25, 0.3) is 0 Å². The molecule has 1 unspecified atom stereocenters. The quantitative estimate of drug-likeness (QED) is 0.843. The second-order valence-electron chi connectivity index (χ2n) is 9.20. The molecule has 4 heteroatoms. The van der Waals surface area contributed by atoms with E-state index in [4.69, 9.17) is 0 Å². The summed E-state index contributed by atoms with van der Waals surface area (Å²) in [5.74, 6) is 0.472. The fraction of sp³-hybridized carbons (Fsp3) is 0.520. The van der Waals surface area contributed by atoms with Crippen molar-refractivity contribution in [3.05, 3.63) is 71.5 Å². The molecule has 3 fully saturated rings. The Morgan fingerprint density at radius 2 is 1.59 bits per heavy atom. The van der Waals surface area contributed by atoms with Gasteiger partial charge >= 0.3 is 0 Å². The minimum atomic E-state index is -0.240. The fourth-order valence-electron chi connectivity index (χ4n) is 6.02. The first-order valence-corrected chi connectivity index (χ1v) is 11.1. The van der Waals surface area contributed by atoms with Gasteiger partial charge in [-0.3, -0.25) is 9.80 Å². The van der Waals surface area contributed by atoms with E-state index in [0.717, 1.165) is 31.6 Å². The van der Waals surface area contributed by atoms with Gasteiger partial charge in [-0.2, -0.15) is 0 Å². The summed E-state index contributed by atoms with van der Waals surface area (Å²) in [6.07, 6.45) is 5.52. The van der Waals surface area contributed by atoms with Gasteiger partial charge in [-0.05, 0) is 61.3 Å². The molecule has 1 N–H and O–H groups in total. The third-order valence-electron chi connectivity index (χ3n) is 7.39. The van der Waals surface area contributed by atoms with Gasteiger partial charge in [0.15, 0.2) is 0 Å². The van der Waals surface area contributed by atoms with Gasteiger partial charge < -0.3 is 5.11 Å². The molecule has 0 spiro atoms. The second kappa shape index (κ2) is 8.17. The third-order valence-corrected chi connectivity index (χ3v) is 7.39. The average Bonchev–Trinajstić information content (AvgIpc) is 3.00. The number of hydrogen-bond acceptors (Lipinski definition) is 3. The van der Waals surface area contributed by atoms with Crippen molar-refractivity contribution in [1.82, 2.24) is 9.80 Å². The summed E-state index contributed by atoms with van der Waals surface area (Å²) in [5, 5.41) is 10.9. The number of aliphatic hydroxyl groups excluding tert-OH is 1. The van der Waals surface area contributed by atoms with Crippen LogP contribution in [-0.4, -0.2) is 52.2 Å². The number of piperidine rings is 2. The topological polar surface area (TPSA) is 26.7 Å². The summed E-state index contributed by atoms with van der Waals surface area (Å²) in [6.45, 7) is 2.64. The smallest absolute Gasteiger partial charge is 0.123 e. The van der Waals surface area contributed by atoms with Crippen LogP contribution in [0.15, 0.2) is 54.6 Å². The van der Waals surface area contributed by atoms with Gasteiger partial charge in [-0.15, -0.1) is 0 Å². The fourth-order valence-corrected chi connectivity index (χ4v) is 6.02. The van der Waals surface area contributed by atoms with E-state index in [0.29, 0.717) is 18.0 Å². The van der Waals surface area contributed by atoms with Crippen molar-refractivity contribution < 1.29 is 9.50 Å². The molecule has 3 heterocycles. The minimum Gasteiger partial charge on any atom is -0.391 e. The largest absolute Gasteiger partial charge is 0.391 e. The Labute approximate surface area is 173 Å². The molecule has 3 aliphatic heterocycles. The van der Waals surface area contributed by atoms with E-state index in [1.807, 2.05) is 12.1 Å². The highest BCUT2D eigenvalue weighted by Gasteiger charge is 2.47. The maximum Gasteiger partial charge on any atom is 0.123 e. The molecule has 5 atom stereocenters. The van der Waals surface area contributed by atoms with Crippen LogP contribution in [0.1, 0.15) is 49.1 Å². The first kappa shape index (κ1) is 19.2. The van der Waals surface area contributed by atoms with Crippen molar-refractivity contribution in [2.75, 3.05) is 13.1 Å². The highest BCUT2D eigenvalue weighted by molar-refractivity contribution is 5.22. The first-order chi connectivity index (χ1) is 14.2. The van der Waals surface area contributed by atoms with Crippen LogP contribution in [0.5, 0.6) is 0 Å². The van der Waals surface area contributed by atoms with Crippen molar-refractivity contribution in [3.8, 4) is 0 Å². The number of likely N-dealkylation sites (tertiary alicyclic amines) is 1. The Balaban J connectivity index is 1.28. The van der Waals surface area contributed by atoms with Crippen LogP contribution in [0.4, 0.5) is 4.39 Å². The highest BCUT2D eigenvalue weighted by Crippen LogP contribution is 2.45. The second-order valence-corrected chi connectivity index (χ2v) is 9.20. The summed E-state index contributed by atoms with van der Waals surface area (Å²) >= 11 is 0.